The quantitative estimate of drug-likeness (QED) is 0.570. The van der Waals surface area contributed by atoms with Gasteiger partial charge in [0, 0.05) is 5.70 Å². The number of sulfone groups is 1. The normalized spacial score (nSPS) is 16.1. The minimum Gasteiger partial charge on any atom is -0.494 e. The van der Waals surface area contributed by atoms with E-state index in [0.717, 1.165) is 11.1 Å². The fraction of sp³-hybridized carbons (Fsp3) is 0.333. The van der Waals surface area contributed by atoms with Gasteiger partial charge in [0.15, 0.2) is 9.84 Å². The Labute approximate surface area is 193 Å². The van der Waals surface area contributed by atoms with Crippen LogP contribution in [0, 0.1) is 13.8 Å². The van der Waals surface area contributed by atoms with E-state index in [1.165, 1.54) is 6.07 Å². The second kappa shape index (κ2) is 10.1. The van der Waals surface area contributed by atoms with Crippen LogP contribution in [0.2, 0.25) is 0 Å². The Kier molecular flexibility index (Phi) is 7.43. The van der Waals surface area contributed by atoms with E-state index in [1.54, 1.807) is 43.3 Å². The van der Waals surface area contributed by atoms with Gasteiger partial charge in [-0.3, -0.25) is 0 Å². The molecule has 0 aromatic heterocycles. The molecule has 176 valence electrons. The van der Waals surface area contributed by atoms with Gasteiger partial charge in [-0.2, -0.15) is 0 Å². The molecule has 0 saturated carbocycles. The minimum absolute atomic E-state index is 0.00527. The second-order valence-corrected chi connectivity index (χ2v) is 9.64. The molecule has 2 amide bonds. The van der Waals surface area contributed by atoms with Crippen LogP contribution in [0.25, 0.3) is 0 Å². The Balaban J connectivity index is 2.07. The maximum Gasteiger partial charge on any atom is 0.338 e. The smallest absolute Gasteiger partial charge is 0.338 e. The molecule has 1 aliphatic heterocycles. The van der Waals surface area contributed by atoms with Gasteiger partial charge in [-0.1, -0.05) is 18.2 Å². The summed E-state index contributed by atoms with van der Waals surface area (Å²) >= 11 is 0. The lowest BCUT2D eigenvalue weighted by Gasteiger charge is -2.29. The van der Waals surface area contributed by atoms with Gasteiger partial charge in [-0.05, 0) is 68.7 Å². The van der Waals surface area contributed by atoms with Crippen molar-refractivity contribution in [3.05, 3.63) is 70.4 Å². The summed E-state index contributed by atoms with van der Waals surface area (Å²) in [6, 6.07) is 10.2. The van der Waals surface area contributed by atoms with Crippen LogP contribution < -0.4 is 15.4 Å². The summed E-state index contributed by atoms with van der Waals surface area (Å²) < 4.78 is 37.0. The molecule has 3 rings (SSSR count). The number of aryl methyl sites for hydroxylation is 2. The SMILES string of the molecule is CCOC(=O)C1=C(CS(=O)(=O)c2ccc(C)c(C)c2)NC(=O)N[C@@H]1c1ccc(OCC)cc1. The van der Waals surface area contributed by atoms with Gasteiger partial charge in [-0.25, -0.2) is 18.0 Å². The summed E-state index contributed by atoms with van der Waals surface area (Å²) in [5.74, 6) is -0.611. The molecule has 2 N–H and O–H groups in total. The molecular formula is C24H28N2O6S. The third-order valence-electron chi connectivity index (χ3n) is 5.35. The van der Waals surface area contributed by atoms with Gasteiger partial charge >= 0.3 is 12.0 Å². The average molecular weight is 473 g/mol. The highest BCUT2D eigenvalue weighted by Gasteiger charge is 2.35. The first-order chi connectivity index (χ1) is 15.7. The van der Waals surface area contributed by atoms with E-state index in [0.29, 0.717) is 17.9 Å². The van der Waals surface area contributed by atoms with Gasteiger partial charge in [0.05, 0.1) is 35.5 Å². The number of esters is 1. The van der Waals surface area contributed by atoms with Crippen LogP contribution in [0.1, 0.15) is 36.6 Å². The monoisotopic (exact) mass is 472 g/mol. The molecule has 2 aromatic carbocycles. The fourth-order valence-electron chi connectivity index (χ4n) is 3.54. The topological polar surface area (TPSA) is 111 Å². The zero-order valence-corrected chi connectivity index (χ0v) is 19.9. The zero-order valence-electron chi connectivity index (χ0n) is 19.1. The molecule has 33 heavy (non-hydrogen) atoms. The Morgan fingerprint density at radius 3 is 2.30 bits per heavy atom. The van der Waals surface area contributed by atoms with Crippen molar-refractivity contribution in [3.63, 3.8) is 0 Å². The third-order valence-corrected chi connectivity index (χ3v) is 6.99. The molecule has 0 aliphatic carbocycles. The molecule has 0 fully saturated rings. The lowest BCUT2D eigenvalue weighted by Crippen LogP contribution is -2.47. The summed E-state index contributed by atoms with van der Waals surface area (Å²) in [5.41, 5.74) is 2.43. The lowest BCUT2D eigenvalue weighted by molar-refractivity contribution is -0.139. The van der Waals surface area contributed by atoms with E-state index in [-0.39, 0.29) is 22.8 Å². The van der Waals surface area contributed by atoms with Crippen LogP contribution in [0.4, 0.5) is 4.79 Å². The van der Waals surface area contributed by atoms with E-state index in [1.807, 2.05) is 20.8 Å². The number of rotatable bonds is 8. The van der Waals surface area contributed by atoms with Gasteiger partial charge in [-0.15, -0.1) is 0 Å². The first kappa shape index (κ1) is 24.3. The number of ether oxygens (including phenoxy) is 2. The maximum absolute atomic E-state index is 13.2. The highest BCUT2D eigenvalue weighted by molar-refractivity contribution is 7.91. The van der Waals surface area contributed by atoms with E-state index in [9.17, 15) is 18.0 Å². The van der Waals surface area contributed by atoms with E-state index in [4.69, 9.17) is 9.47 Å². The summed E-state index contributed by atoms with van der Waals surface area (Å²) in [6.45, 7) is 7.84. The van der Waals surface area contributed by atoms with Gasteiger partial charge in [0.2, 0.25) is 0 Å². The maximum atomic E-state index is 13.2. The molecule has 1 aliphatic rings. The van der Waals surface area contributed by atoms with E-state index in [2.05, 4.69) is 10.6 Å². The molecule has 2 aromatic rings. The summed E-state index contributed by atoms with van der Waals surface area (Å²) in [4.78, 5) is 25.5. The Morgan fingerprint density at radius 1 is 1.00 bits per heavy atom. The number of carbonyl (C=O) groups excluding carboxylic acids is 2. The molecule has 0 radical (unpaired) electrons. The van der Waals surface area contributed by atoms with Crippen LogP contribution in [0.15, 0.2) is 58.6 Å². The largest absolute Gasteiger partial charge is 0.494 e. The first-order valence-corrected chi connectivity index (χ1v) is 12.3. The fourth-order valence-corrected chi connectivity index (χ4v) is 4.94. The van der Waals surface area contributed by atoms with Crippen LogP contribution >= 0.6 is 0 Å². The van der Waals surface area contributed by atoms with Crippen molar-refractivity contribution >= 4 is 21.8 Å². The number of amides is 2. The zero-order chi connectivity index (χ0) is 24.2. The Hall–Kier alpha value is -3.33. The predicted molar refractivity (Wildman–Crippen MR) is 124 cm³/mol. The minimum atomic E-state index is -3.85. The second-order valence-electron chi connectivity index (χ2n) is 7.65. The first-order valence-electron chi connectivity index (χ1n) is 10.7. The van der Waals surface area contributed by atoms with Gasteiger partial charge < -0.3 is 20.1 Å². The third kappa shape index (κ3) is 5.54. The Morgan fingerprint density at radius 2 is 1.70 bits per heavy atom. The highest BCUT2D eigenvalue weighted by atomic mass is 32.2. The standard InChI is InChI=1S/C24H28N2O6S/c1-5-31-18-10-8-17(9-11-18)22-21(23(27)32-6-2)20(25-24(28)26-22)14-33(29,30)19-12-7-15(3)16(4)13-19/h7-13,22H,5-6,14H2,1-4H3,(H2,25,26,28)/t22-/m1/s1. The van der Waals surface area contributed by atoms with E-state index < -0.39 is 33.6 Å². The number of benzene rings is 2. The molecule has 0 bridgehead atoms. The van der Waals surface area contributed by atoms with Gasteiger partial charge in [0.1, 0.15) is 5.75 Å². The summed E-state index contributed by atoms with van der Waals surface area (Å²) in [6.07, 6.45) is 0. The predicted octanol–water partition coefficient (Wildman–Crippen LogP) is 3.35. The molecule has 1 heterocycles. The number of carbonyl (C=O) groups is 2. The summed E-state index contributed by atoms with van der Waals surface area (Å²) in [5, 5.41) is 5.22. The van der Waals surface area contributed by atoms with Crippen LogP contribution in [-0.2, 0) is 19.4 Å². The number of hydrogen-bond donors (Lipinski definition) is 2. The Bertz CT molecular complexity index is 1190. The van der Waals surface area contributed by atoms with Crippen LogP contribution in [0.3, 0.4) is 0 Å². The van der Waals surface area contributed by atoms with Crippen LogP contribution in [0.5, 0.6) is 5.75 Å². The number of urea groups is 1. The highest BCUT2D eigenvalue weighted by Crippen LogP contribution is 2.30. The molecule has 0 unspecified atom stereocenters. The average Bonchev–Trinajstić information content (AvgIpc) is 2.75. The van der Waals surface area contributed by atoms with Gasteiger partial charge in [0.25, 0.3) is 0 Å². The lowest BCUT2D eigenvalue weighted by atomic mass is 9.95. The molecule has 8 nitrogen and oxygen atoms in total. The number of hydrogen-bond acceptors (Lipinski definition) is 6. The van der Waals surface area contributed by atoms with Crippen molar-refractivity contribution in [2.24, 2.45) is 0 Å². The van der Waals surface area contributed by atoms with Crippen LogP contribution in [-0.4, -0.2) is 39.4 Å². The van der Waals surface area contributed by atoms with Crippen molar-refractivity contribution in [3.8, 4) is 5.75 Å². The van der Waals surface area contributed by atoms with Crippen molar-refractivity contribution in [2.45, 2.75) is 38.6 Å². The molecule has 0 saturated heterocycles. The molecule has 9 heteroatoms. The molecule has 0 spiro atoms. The molecule has 1 atom stereocenters. The molecular weight excluding hydrogens is 444 g/mol. The summed E-state index contributed by atoms with van der Waals surface area (Å²) in [7, 11) is -3.85. The van der Waals surface area contributed by atoms with E-state index >= 15 is 0 Å². The van der Waals surface area contributed by atoms with Crippen molar-refractivity contribution in [2.75, 3.05) is 19.0 Å². The van der Waals surface area contributed by atoms with Crippen molar-refractivity contribution in [1.82, 2.24) is 10.6 Å². The van der Waals surface area contributed by atoms with Crippen molar-refractivity contribution in [1.29, 1.82) is 0 Å². The number of nitrogens with one attached hydrogen (secondary N) is 2. The van der Waals surface area contributed by atoms with Crippen molar-refractivity contribution < 1.29 is 27.5 Å².